The first-order chi connectivity index (χ1) is 9.65. The molecule has 1 unspecified atom stereocenters. The average molecular weight is 306 g/mol. The highest BCUT2D eigenvalue weighted by atomic mass is 19.4. The third-order valence-electron chi connectivity index (χ3n) is 2.87. The van der Waals surface area contributed by atoms with Gasteiger partial charge in [0, 0.05) is 18.4 Å². The normalized spacial score (nSPS) is 13.0. The number of carboxylic acid groups (broad SMARTS) is 1. The van der Waals surface area contributed by atoms with Gasteiger partial charge in [-0.25, -0.2) is 4.79 Å². The number of alkyl halides is 3. The van der Waals surface area contributed by atoms with E-state index in [0.29, 0.717) is 6.20 Å². The van der Waals surface area contributed by atoms with E-state index in [1.54, 1.807) is 6.92 Å². The summed E-state index contributed by atoms with van der Waals surface area (Å²) in [4.78, 5) is 22.5. The van der Waals surface area contributed by atoms with Crippen LogP contribution in [0.4, 0.5) is 13.2 Å². The van der Waals surface area contributed by atoms with Crippen LogP contribution in [0.25, 0.3) is 0 Å². The van der Waals surface area contributed by atoms with E-state index < -0.39 is 29.2 Å². The van der Waals surface area contributed by atoms with Gasteiger partial charge in [-0.2, -0.15) is 13.2 Å². The Kier molecular flexibility index (Phi) is 5.40. The molecule has 2 N–H and O–H groups in total. The van der Waals surface area contributed by atoms with Gasteiger partial charge < -0.3 is 15.0 Å². The second-order valence-electron chi connectivity index (χ2n) is 4.82. The van der Waals surface area contributed by atoms with Crippen LogP contribution in [0.2, 0.25) is 0 Å². The SMILES string of the molecule is CCCC(C)NC(=O)Cn1cc(C(=O)O)c(C(F)(F)F)c1. The zero-order chi connectivity index (χ0) is 16.2. The van der Waals surface area contributed by atoms with Crippen LogP contribution in [-0.2, 0) is 17.5 Å². The topological polar surface area (TPSA) is 71.3 Å². The van der Waals surface area contributed by atoms with E-state index in [1.165, 1.54) is 0 Å². The van der Waals surface area contributed by atoms with Crippen LogP contribution in [0.5, 0.6) is 0 Å². The molecule has 0 aliphatic carbocycles. The second-order valence-corrected chi connectivity index (χ2v) is 4.82. The summed E-state index contributed by atoms with van der Waals surface area (Å²) in [5, 5.41) is 11.4. The molecule has 118 valence electrons. The number of rotatable bonds is 6. The Balaban J connectivity index is 2.86. The Bertz CT molecular complexity index is 523. The highest BCUT2D eigenvalue weighted by Gasteiger charge is 2.37. The molecule has 21 heavy (non-hydrogen) atoms. The number of amides is 1. The lowest BCUT2D eigenvalue weighted by molar-refractivity contribution is -0.138. The summed E-state index contributed by atoms with van der Waals surface area (Å²) in [6, 6.07) is -0.0842. The first kappa shape index (κ1) is 17.1. The molecule has 1 rings (SSSR count). The van der Waals surface area contributed by atoms with Crippen molar-refractivity contribution >= 4 is 11.9 Å². The third-order valence-corrected chi connectivity index (χ3v) is 2.87. The first-order valence-electron chi connectivity index (χ1n) is 6.44. The molecule has 1 heterocycles. The van der Waals surface area contributed by atoms with E-state index in [1.807, 2.05) is 6.92 Å². The molecule has 1 atom stereocenters. The lowest BCUT2D eigenvalue weighted by Crippen LogP contribution is -2.34. The Hall–Kier alpha value is -1.99. The van der Waals surface area contributed by atoms with Crippen molar-refractivity contribution in [3.63, 3.8) is 0 Å². The van der Waals surface area contributed by atoms with E-state index in [4.69, 9.17) is 5.11 Å². The number of nitrogens with zero attached hydrogens (tertiary/aromatic N) is 1. The number of hydrogen-bond acceptors (Lipinski definition) is 2. The highest BCUT2D eigenvalue weighted by molar-refractivity contribution is 5.89. The van der Waals surface area contributed by atoms with E-state index in [0.717, 1.165) is 23.6 Å². The lowest BCUT2D eigenvalue weighted by Gasteiger charge is -2.12. The van der Waals surface area contributed by atoms with Gasteiger partial charge in [-0.1, -0.05) is 13.3 Å². The minimum atomic E-state index is -4.77. The van der Waals surface area contributed by atoms with E-state index in [-0.39, 0.29) is 12.6 Å². The maximum absolute atomic E-state index is 12.7. The number of halogens is 3. The fourth-order valence-electron chi connectivity index (χ4n) is 1.99. The molecule has 0 radical (unpaired) electrons. The standard InChI is InChI=1S/C13H17F3N2O3/c1-3-4-8(2)17-11(19)7-18-5-9(12(20)21)10(6-18)13(14,15)16/h5-6,8H,3-4,7H2,1-2H3,(H,17,19)(H,20,21). The summed E-state index contributed by atoms with van der Waals surface area (Å²) in [6.45, 7) is 3.38. The number of aromatic carboxylic acids is 1. The molecule has 0 saturated carbocycles. The molecular formula is C13H17F3N2O3. The maximum atomic E-state index is 12.7. The summed E-state index contributed by atoms with van der Waals surface area (Å²) in [5.41, 5.74) is -2.12. The van der Waals surface area contributed by atoms with Crippen molar-refractivity contribution in [1.29, 1.82) is 0 Å². The van der Waals surface area contributed by atoms with Gasteiger partial charge in [-0.15, -0.1) is 0 Å². The van der Waals surface area contributed by atoms with Crippen LogP contribution in [0.3, 0.4) is 0 Å². The lowest BCUT2D eigenvalue weighted by atomic mass is 10.2. The van der Waals surface area contributed by atoms with Crippen molar-refractivity contribution in [2.24, 2.45) is 0 Å². The largest absolute Gasteiger partial charge is 0.478 e. The van der Waals surface area contributed by atoms with Gasteiger partial charge in [0.1, 0.15) is 6.54 Å². The predicted octanol–water partition coefficient (Wildman–Crippen LogP) is 2.51. The molecule has 0 aliphatic heterocycles. The molecule has 1 amide bonds. The maximum Gasteiger partial charge on any atom is 0.418 e. The second kappa shape index (κ2) is 6.64. The van der Waals surface area contributed by atoms with Crippen molar-refractivity contribution in [3.8, 4) is 0 Å². The molecule has 8 heteroatoms. The van der Waals surface area contributed by atoms with Crippen LogP contribution < -0.4 is 5.32 Å². The summed E-state index contributed by atoms with van der Waals surface area (Å²) < 4.78 is 39.0. The van der Waals surface area contributed by atoms with Crippen molar-refractivity contribution < 1.29 is 27.9 Å². The van der Waals surface area contributed by atoms with E-state index >= 15 is 0 Å². The van der Waals surface area contributed by atoms with Crippen molar-refractivity contribution in [3.05, 3.63) is 23.5 Å². The minimum absolute atomic E-state index is 0.0842. The number of carbonyl (C=O) groups is 2. The molecule has 0 bridgehead atoms. The highest BCUT2D eigenvalue weighted by Crippen LogP contribution is 2.32. The number of carbonyl (C=O) groups excluding carboxylic acids is 1. The van der Waals surface area contributed by atoms with Gasteiger partial charge in [0.15, 0.2) is 0 Å². The van der Waals surface area contributed by atoms with Crippen molar-refractivity contribution in [1.82, 2.24) is 9.88 Å². The fourth-order valence-corrected chi connectivity index (χ4v) is 1.99. The number of aromatic nitrogens is 1. The molecular weight excluding hydrogens is 289 g/mol. The number of hydrogen-bond donors (Lipinski definition) is 2. The average Bonchev–Trinajstić information content (AvgIpc) is 2.72. The van der Waals surface area contributed by atoms with Gasteiger partial charge in [0.05, 0.1) is 11.1 Å². The summed E-state index contributed by atoms with van der Waals surface area (Å²) in [7, 11) is 0. The molecule has 1 aromatic heterocycles. The summed E-state index contributed by atoms with van der Waals surface area (Å²) in [5.74, 6) is -2.14. The molecule has 0 fully saturated rings. The summed E-state index contributed by atoms with van der Waals surface area (Å²) >= 11 is 0. The Labute approximate surface area is 119 Å². The van der Waals surface area contributed by atoms with Crippen LogP contribution >= 0.6 is 0 Å². The zero-order valence-corrected chi connectivity index (χ0v) is 11.7. The van der Waals surface area contributed by atoms with Gasteiger partial charge in [-0.05, 0) is 13.3 Å². The number of nitrogens with one attached hydrogen (secondary N) is 1. The zero-order valence-electron chi connectivity index (χ0n) is 11.7. The quantitative estimate of drug-likeness (QED) is 0.848. The van der Waals surface area contributed by atoms with Gasteiger partial charge in [0.25, 0.3) is 0 Å². The number of carboxylic acids is 1. The van der Waals surface area contributed by atoms with Crippen LogP contribution in [-0.4, -0.2) is 27.6 Å². The fraction of sp³-hybridized carbons (Fsp3) is 0.538. The third kappa shape index (κ3) is 4.80. The summed E-state index contributed by atoms with van der Waals surface area (Å²) in [6.07, 6.45) is -1.70. The van der Waals surface area contributed by atoms with Crippen LogP contribution in [0.1, 0.15) is 42.6 Å². The van der Waals surface area contributed by atoms with Crippen LogP contribution in [0, 0.1) is 0 Å². The van der Waals surface area contributed by atoms with Crippen molar-refractivity contribution in [2.75, 3.05) is 0 Å². The van der Waals surface area contributed by atoms with Gasteiger partial charge >= 0.3 is 12.1 Å². The Morgan fingerprint density at radius 1 is 1.38 bits per heavy atom. The molecule has 1 aromatic rings. The molecule has 0 spiro atoms. The molecule has 0 aromatic carbocycles. The van der Waals surface area contributed by atoms with E-state index in [2.05, 4.69) is 5.32 Å². The van der Waals surface area contributed by atoms with Gasteiger partial charge in [-0.3, -0.25) is 4.79 Å². The molecule has 0 saturated heterocycles. The Morgan fingerprint density at radius 3 is 2.43 bits per heavy atom. The van der Waals surface area contributed by atoms with E-state index in [9.17, 15) is 22.8 Å². The Morgan fingerprint density at radius 2 is 2.00 bits per heavy atom. The predicted molar refractivity (Wildman–Crippen MR) is 68.9 cm³/mol. The molecule has 5 nitrogen and oxygen atoms in total. The monoisotopic (exact) mass is 306 g/mol. The smallest absolute Gasteiger partial charge is 0.418 e. The van der Waals surface area contributed by atoms with Gasteiger partial charge in [0.2, 0.25) is 5.91 Å². The van der Waals surface area contributed by atoms with Crippen molar-refractivity contribution in [2.45, 2.75) is 45.5 Å². The molecule has 0 aliphatic rings. The van der Waals surface area contributed by atoms with Crippen LogP contribution in [0.15, 0.2) is 12.4 Å². The minimum Gasteiger partial charge on any atom is -0.478 e. The first-order valence-corrected chi connectivity index (χ1v) is 6.44.